The molecule has 0 aliphatic carbocycles. The van der Waals surface area contributed by atoms with Gasteiger partial charge in [0.1, 0.15) is 11.6 Å². The second-order valence-electron chi connectivity index (χ2n) is 6.33. The Kier molecular flexibility index (Phi) is 5.42. The minimum Gasteiger partial charge on any atom is -0.497 e. The molecule has 7 nitrogen and oxygen atoms in total. The highest BCUT2D eigenvalue weighted by molar-refractivity contribution is 5.46. The van der Waals surface area contributed by atoms with Crippen LogP contribution >= 0.6 is 0 Å². The van der Waals surface area contributed by atoms with Gasteiger partial charge in [-0.3, -0.25) is 0 Å². The van der Waals surface area contributed by atoms with Crippen molar-refractivity contribution in [3.8, 4) is 17.2 Å². The number of nitrogens with zero attached hydrogens (tertiary/aromatic N) is 2. The topological polar surface area (TPSA) is 77.5 Å². The monoisotopic (exact) mass is 378 g/mol. The highest BCUT2D eigenvalue weighted by atomic mass is 16.7. The number of methoxy groups -OCH3 is 1. The van der Waals surface area contributed by atoms with Gasteiger partial charge in [-0.2, -0.15) is 4.98 Å². The van der Waals surface area contributed by atoms with Gasteiger partial charge < -0.3 is 24.8 Å². The van der Waals surface area contributed by atoms with Crippen LogP contribution in [0.25, 0.3) is 0 Å². The van der Waals surface area contributed by atoms with Gasteiger partial charge in [-0.05, 0) is 47.9 Å². The lowest BCUT2D eigenvalue weighted by Gasteiger charge is -2.09. The Morgan fingerprint density at radius 2 is 1.79 bits per heavy atom. The van der Waals surface area contributed by atoms with Crippen LogP contribution in [-0.4, -0.2) is 30.4 Å². The Morgan fingerprint density at radius 3 is 2.64 bits per heavy atom. The van der Waals surface area contributed by atoms with Gasteiger partial charge in [0, 0.05) is 19.3 Å². The predicted octanol–water partition coefficient (Wildman–Crippen LogP) is 3.48. The number of ether oxygens (including phenoxy) is 3. The molecule has 7 heteroatoms. The summed E-state index contributed by atoms with van der Waals surface area (Å²) in [6.07, 6.45) is 2.62. The molecule has 0 saturated carbocycles. The highest BCUT2D eigenvalue weighted by Crippen LogP contribution is 2.32. The lowest BCUT2D eigenvalue weighted by atomic mass is 10.1. The van der Waals surface area contributed by atoms with Gasteiger partial charge in [-0.25, -0.2) is 4.98 Å². The van der Waals surface area contributed by atoms with E-state index >= 15 is 0 Å². The van der Waals surface area contributed by atoms with Gasteiger partial charge in [0.2, 0.25) is 12.7 Å². The van der Waals surface area contributed by atoms with Crippen LogP contribution in [0.3, 0.4) is 0 Å². The first-order valence-corrected chi connectivity index (χ1v) is 9.12. The molecule has 1 aliphatic rings. The summed E-state index contributed by atoms with van der Waals surface area (Å²) < 4.78 is 15.9. The van der Waals surface area contributed by atoms with E-state index in [1.165, 1.54) is 5.56 Å². The van der Waals surface area contributed by atoms with Crippen LogP contribution in [0.4, 0.5) is 11.8 Å². The quantitative estimate of drug-likeness (QED) is 0.621. The van der Waals surface area contributed by atoms with E-state index in [1.807, 2.05) is 36.4 Å². The summed E-state index contributed by atoms with van der Waals surface area (Å²) in [5, 5.41) is 6.58. The summed E-state index contributed by atoms with van der Waals surface area (Å²) in [6, 6.07) is 15.8. The van der Waals surface area contributed by atoms with Crippen LogP contribution < -0.4 is 24.8 Å². The minimum atomic E-state index is 0.281. The molecule has 3 aromatic rings. The molecule has 4 rings (SSSR count). The fourth-order valence-corrected chi connectivity index (χ4v) is 2.90. The van der Waals surface area contributed by atoms with Crippen LogP contribution in [0.5, 0.6) is 17.2 Å². The minimum absolute atomic E-state index is 0.281. The number of fused-ring (bicyclic) bond motifs is 1. The molecule has 0 fully saturated rings. The van der Waals surface area contributed by atoms with Crippen LogP contribution in [0.15, 0.2) is 54.7 Å². The van der Waals surface area contributed by atoms with Gasteiger partial charge in [0.15, 0.2) is 11.5 Å². The molecule has 0 atom stereocenters. The maximum absolute atomic E-state index is 5.41. The zero-order valence-corrected chi connectivity index (χ0v) is 15.6. The fourth-order valence-electron chi connectivity index (χ4n) is 2.90. The Morgan fingerprint density at radius 1 is 0.964 bits per heavy atom. The summed E-state index contributed by atoms with van der Waals surface area (Å²) in [4.78, 5) is 8.79. The average Bonchev–Trinajstić information content (AvgIpc) is 3.21. The van der Waals surface area contributed by atoms with Crippen molar-refractivity contribution in [3.05, 3.63) is 65.9 Å². The fraction of sp³-hybridized carbons (Fsp3) is 0.238. The molecule has 0 radical (unpaired) electrons. The van der Waals surface area contributed by atoms with Crippen molar-refractivity contribution in [1.29, 1.82) is 0 Å². The standard InChI is InChI=1S/C21H22N4O3/c1-26-17-5-2-15(3-6-17)8-10-22-21-23-11-9-20(25-21)24-13-16-4-7-18-19(12-16)28-14-27-18/h2-7,9,11-12H,8,10,13-14H2,1H3,(H2,22,23,24,25). The molecule has 0 spiro atoms. The number of aromatic nitrogens is 2. The summed E-state index contributed by atoms with van der Waals surface area (Å²) in [7, 11) is 1.67. The predicted molar refractivity (Wildman–Crippen MR) is 107 cm³/mol. The molecule has 2 aromatic carbocycles. The first-order valence-electron chi connectivity index (χ1n) is 9.12. The van der Waals surface area contributed by atoms with E-state index in [-0.39, 0.29) is 6.79 Å². The summed E-state index contributed by atoms with van der Waals surface area (Å²) in [6.45, 7) is 1.67. The Hall–Kier alpha value is -3.48. The molecular formula is C21H22N4O3. The Bertz CT molecular complexity index is 931. The zero-order chi connectivity index (χ0) is 19.2. The largest absolute Gasteiger partial charge is 0.497 e. The van der Waals surface area contributed by atoms with Crippen molar-refractivity contribution in [1.82, 2.24) is 9.97 Å². The van der Waals surface area contributed by atoms with Gasteiger partial charge >= 0.3 is 0 Å². The first-order chi connectivity index (χ1) is 13.8. The van der Waals surface area contributed by atoms with Crippen LogP contribution in [0.1, 0.15) is 11.1 Å². The third kappa shape index (κ3) is 4.43. The second-order valence-corrected chi connectivity index (χ2v) is 6.33. The molecule has 2 heterocycles. The SMILES string of the molecule is COc1ccc(CCNc2nccc(NCc3ccc4c(c3)OCO4)n2)cc1. The van der Waals surface area contributed by atoms with E-state index in [0.29, 0.717) is 12.5 Å². The number of rotatable bonds is 8. The first kappa shape index (κ1) is 17.9. The second kappa shape index (κ2) is 8.47. The van der Waals surface area contributed by atoms with Gasteiger partial charge in [-0.1, -0.05) is 18.2 Å². The van der Waals surface area contributed by atoms with E-state index < -0.39 is 0 Å². The van der Waals surface area contributed by atoms with Crippen LogP contribution in [-0.2, 0) is 13.0 Å². The smallest absolute Gasteiger partial charge is 0.231 e. The summed E-state index contributed by atoms with van der Waals surface area (Å²) in [5.41, 5.74) is 2.32. The maximum Gasteiger partial charge on any atom is 0.231 e. The molecule has 28 heavy (non-hydrogen) atoms. The Labute approximate surface area is 163 Å². The highest BCUT2D eigenvalue weighted by Gasteiger charge is 2.13. The zero-order valence-electron chi connectivity index (χ0n) is 15.6. The lowest BCUT2D eigenvalue weighted by Crippen LogP contribution is -2.09. The van der Waals surface area contributed by atoms with Crippen molar-refractivity contribution in [3.63, 3.8) is 0 Å². The molecule has 1 aromatic heterocycles. The molecule has 0 unspecified atom stereocenters. The van der Waals surface area contributed by atoms with Crippen LogP contribution in [0.2, 0.25) is 0 Å². The summed E-state index contributed by atoms with van der Waals surface area (Å²) in [5.74, 6) is 3.79. The molecule has 0 saturated heterocycles. The summed E-state index contributed by atoms with van der Waals surface area (Å²) >= 11 is 0. The van der Waals surface area contributed by atoms with E-state index in [2.05, 4.69) is 32.7 Å². The molecule has 0 bridgehead atoms. The van der Waals surface area contributed by atoms with Gasteiger partial charge in [0.25, 0.3) is 0 Å². The third-order valence-corrected chi connectivity index (χ3v) is 4.42. The van der Waals surface area contributed by atoms with Crippen molar-refractivity contribution >= 4 is 11.8 Å². The maximum atomic E-state index is 5.41. The van der Waals surface area contributed by atoms with E-state index in [0.717, 1.165) is 41.6 Å². The third-order valence-electron chi connectivity index (χ3n) is 4.42. The van der Waals surface area contributed by atoms with Crippen molar-refractivity contribution in [2.24, 2.45) is 0 Å². The van der Waals surface area contributed by atoms with Gasteiger partial charge in [-0.15, -0.1) is 0 Å². The van der Waals surface area contributed by atoms with E-state index in [1.54, 1.807) is 13.3 Å². The lowest BCUT2D eigenvalue weighted by molar-refractivity contribution is 0.174. The van der Waals surface area contributed by atoms with Crippen molar-refractivity contribution in [2.45, 2.75) is 13.0 Å². The molecule has 144 valence electrons. The molecule has 2 N–H and O–H groups in total. The number of hydrogen-bond acceptors (Lipinski definition) is 7. The van der Waals surface area contributed by atoms with Gasteiger partial charge in [0.05, 0.1) is 7.11 Å². The average molecular weight is 378 g/mol. The molecule has 1 aliphatic heterocycles. The Balaban J connectivity index is 1.28. The number of anilines is 2. The molecule has 0 amide bonds. The number of hydrogen-bond donors (Lipinski definition) is 2. The molecular weight excluding hydrogens is 356 g/mol. The van der Waals surface area contributed by atoms with E-state index in [9.17, 15) is 0 Å². The van der Waals surface area contributed by atoms with Crippen LogP contribution in [0, 0.1) is 0 Å². The number of benzene rings is 2. The van der Waals surface area contributed by atoms with Crippen molar-refractivity contribution in [2.75, 3.05) is 31.1 Å². The van der Waals surface area contributed by atoms with Crippen molar-refractivity contribution < 1.29 is 14.2 Å². The normalized spacial score (nSPS) is 11.9. The number of nitrogens with one attached hydrogen (secondary N) is 2. The van der Waals surface area contributed by atoms with E-state index in [4.69, 9.17) is 14.2 Å².